The Balaban J connectivity index is 3.67. The van der Waals surface area contributed by atoms with Crippen LogP contribution in [0.3, 0.4) is 0 Å². The molecule has 0 aliphatic heterocycles. The summed E-state index contributed by atoms with van der Waals surface area (Å²) in [5, 5.41) is 19.1. The molecule has 0 aromatic heterocycles. The van der Waals surface area contributed by atoms with Gasteiger partial charge in [-0.2, -0.15) is 0 Å². The van der Waals surface area contributed by atoms with E-state index in [9.17, 15) is 10.2 Å². The SMILES string of the molecule is CCCC(O)CC(O)CC(C)(C)C. The van der Waals surface area contributed by atoms with Gasteiger partial charge in [-0.25, -0.2) is 0 Å². The van der Waals surface area contributed by atoms with Crippen molar-refractivity contribution in [3.05, 3.63) is 0 Å². The molecule has 0 aromatic rings. The maximum Gasteiger partial charge on any atom is 0.0569 e. The van der Waals surface area contributed by atoms with E-state index in [2.05, 4.69) is 20.8 Å². The summed E-state index contributed by atoms with van der Waals surface area (Å²) in [4.78, 5) is 0. The molecule has 0 radical (unpaired) electrons. The van der Waals surface area contributed by atoms with Crippen LogP contribution < -0.4 is 0 Å². The molecule has 0 aliphatic carbocycles. The summed E-state index contributed by atoms with van der Waals surface area (Å²) >= 11 is 0. The molecule has 2 heteroatoms. The molecule has 0 spiro atoms. The predicted octanol–water partition coefficient (Wildman–Crippen LogP) is 2.33. The van der Waals surface area contributed by atoms with Gasteiger partial charge in [0.25, 0.3) is 0 Å². The van der Waals surface area contributed by atoms with Crippen LogP contribution in [0.15, 0.2) is 0 Å². The molecule has 0 heterocycles. The van der Waals surface area contributed by atoms with Crippen molar-refractivity contribution in [1.82, 2.24) is 0 Å². The van der Waals surface area contributed by atoms with Gasteiger partial charge in [-0.3, -0.25) is 0 Å². The topological polar surface area (TPSA) is 40.5 Å². The Bertz CT molecular complexity index is 127. The van der Waals surface area contributed by atoms with Crippen molar-refractivity contribution < 1.29 is 10.2 Å². The Labute approximate surface area is 82.0 Å². The number of hydrogen-bond acceptors (Lipinski definition) is 2. The predicted molar refractivity (Wildman–Crippen MR) is 55.6 cm³/mol. The molecule has 2 nitrogen and oxygen atoms in total. The van der Waals surface area contributed by atoms with E-state index in [-0.39, 0.29) is 17.6 Å². The first kappa shape index (κ1) is 12.9. The van der Waals surface area contributed by atoms with Gasteiger partial charge >= 0.3 is 0 Å². The van der Waals surface area contributed by atoms with Gasteiger partial charge in [0, 0.05) is 0 Å². The van der Waals surface area contributed by atoms with Gasteiger partial charge in [0.15, 0.2) is 0 Å². The van der Waals surface area contributed by atoms with E-state index in [1.807, 2.05) is 6.92 Å². The monoisotopic (exact) mass is 188 g/mol. The van der Waals surface area contributed by atoms with Gasteiger partial charge < -0.3 is 10.2 Å². The maximum atomic E-state index is 9.62. The Morgan fingerprint density at radius 1 is 1.08 bits per heavy atom. The average molecular weight is 188 g/mol. The minimum absolute atomic E-state index is 0.144. The van der Waals surface area contributed by atoms with Crippen LogP contribution in [0.4, 0.5) is 0 Å². The van der Waals surface area contributed by atoms with Crippen LogP contribution in [0.5, 0.6) is 0 Å². The van der Waals surface area contributed by atoms with Crippen molar-refractivity contribution >= 4 is 0 Å². The summed E-state index contributed by atoms with van der Waals surface area (Å²) in [7, 11) is 0. The smallest absolute Gasteiger partial charge is 0.0569 e. The average Bonchev–Trinajstić information content (AvgIpc) is 1.81. The molecule has 0 bridgehead atoms. The summed E-state index contributed by atoms with van der Waals surface area (Å²) in [5.74, 6) is 0. The largest absolute Gasteiger partial charge is 0.393 e. The lowest BCUT2D eigenvalue weighted by Crippen LogP contribution is -2.22. The molecule has 0 rings (SSSR count). The fourth-order valence-corrected chi connectivity index (χ4v) is 1.56. The Hall–Kier alpha value is -0.0800. The Morgan fingerprint density at radius 2 is 1.62 bits per heavy atom. The second-order valence-corrected chi connectivity index (χ2v) is 5.10. The number of aliphatic hydroxyl groups excluding tert-OH is 2. The van der Waals surface area contributed by atoms with E-state index in [1.165, 1.54) is 0 Å². The van der Waals surface area contributed by atoms with Crippen LogP contribution in [0, 0.1) is 5.41 Å². The fourth-order valence-electron chi connectivity index (χ4n) is 1.56. The molecule has 80 valence electrons. The number of hydrogen-bond donors (Lipinski definition) is 2. The van der Waals surface area contributed by atoms with Crippen LogP contribution in [-0.4, -0.2) is 22.4 Å². The van der Waals surface area contributed by atoms with Crippen LogP contribution in [-0.2, 0) is 0 Å². The van der Waals surface area contributed by atoms with Gasteiger partial charge in [0.2, 0.25) is 0 Å². The molecule has 2 unspecified atom stereocenters. The van der Waals surface area contributed by atoms with E-state index in [1.54, 1.807) is 0 Å². The molecule has 0 amide bonds. The van der Waals surface area contributed by atoms with Gasteiger partial charge in [-0.15, -0.1) is 0 Å². The van der Waals surface area contributed by atoms with Crippen LogP contribution in [0.25, 0.3) is 0 Å². The zero-order chi connectivity index (χ0) is 10.5. The van der Waals surface area contributed by atoms with Gasteiger partial charge in [-0.05, 0) is 24.7 Å². The lowest BCUT2D eigenvalue weighted by atomic mass is 9.87. The molecular formula is C11H24O2. The maximum absolute atomic E-state index is 9.62. The van der Waals surface area contributed by atoms with Gasteiger partial charge in [-0.1, -0.05) is 34.1 Å². The molecule has 13 heavy (non-hydrogen) atoms. The summed E-state index contributed by atoms with van der Waals surface area (Å²) < 4.78 is 0. The van der Waals surface area contributed by atoms with Crippen molar-refractivity contribution in [1.29, 1.82) is 0 Å². The summed E-state index contributed by atoms with van der Waals surface area (Å²) in [6.45, 7) is 8.34. The van der Waals surface area contributed by atoms with Crippen molar-refractivity contribution in [3.63, 3.8) is 0 Å². The van der Waals surface area contributed by atoms with Gasteiger partial charge in [0.05, 0.1) is 12.2 Å². The summed E-state index contributed by atoms with van der Waals surface area (Å²) in [5.41, 5.74) is 0.144. The van der Waals surface area contributed by atoms with E-state index >= 15 is 0 Å². The highest BCUT2D eigenvalue weighted by Crippen LogP contribution is 2.23. The second kappa shape index (κ2) is 5.61. The first-order valence-corrected chi connectivity index (χ1v) is 5.21. The molecule has 0 saturated carbocycles. The van der Waals surface area contributed by atoms with E-state index < -0.39 is 0 Å². The lowest BCUT2D eigenvalue weighted by Gasteiger charge is -2.23. The fraction of sp³-hybridized carbons (Fsp3) is 1.00. The second-order valence-electron chi connectivity index (χ2n) is 5.10. The third kappa shape index (κ3) is 8.26. The first-order valence-electron chi connectivity index (χ1n) is 5.21. The zero-order valence-corrected chi connectivity index (χ0v) is 9.38. The van der Waals surface area contributed by atoms with Gasteiger partial charge in [0.1, 0.15) is 0 Å². The minimum atomic E-state index is -0.360. The van der Waals surface area contributed by atoms with E-state index in [0.717, 1.165) is 19.3 Å². The third-order valence-corrected chi connectivity index (χ3v) is 2.01. The van der Waals surface area contributed by atoms with Crippen molar-refractivity contribution in [3.8, 4) is 0 Å². The normalized spacial score (nSPS) is 17.1. The Kier molecular flexibility index (Phi) is 5.57. The third-order valence-electron chi connectivity index (χ3n) is 2.01. The highest BCUT2D eigenvalue weighted by atomic mass is 16.3. The molecule has 0 aliphatic rings. The summed E-state index contributed by atoms with van der Waals surface area (Å²) in [6, 6.07) is 0. The van der Waals surface area contributed by atoms with Crippen LogP contribution >= 0.6 is 0 Å². The lowest BCUT2D eigenvalue weighted by molar-refractivity contribution is 0.0517. The Morgan fingerprint density at radius 3 is 2.00 bits per heavy atom. The van der Waals surface area contributed by atoms with E-state index in [0.29, 0.717) is 6.42 Å². The number of aliphatic hydroxyl groups is 2. The zero-order valence-electron chi connectivity index (χ0n) is 9.38. The summed E-state index contributed by atoms with van der Waals surface area (Å²) in [6.07, 6.45) is 2.35. The van der Waals surface area contributed by atoms with Crippen LogP contribution in [0.2, 0.25) is 0 Å². The highest BCUT2D eigenvalue weighted by Gasteiger charge is 2.18. The van der Waals surface area contributed by atoms with Crippen molar-refractivity contribution in [2.75, 3.05) is 0 Å². The van der Waals surface area contributed by atoms with Crippen molar-refractivity contribution in [2.24, 2.45) is 5.41 Å². The molecule has 0 saturated heterocycles. The molecule has 0 aromatic carbocycles. The molecular weight excluding hydrogens is 164 g/mol. The molecule has 2 N–H and O–H groups in total. The minimum Gasteiger partial charge on any atom is -0.393 e. The van der Waals surface area contributed by atoms with E-state index in [4.69, 9.17) is 0 Å². The molecule has 2 atom stereocenters. The first-order chi connectivity index (χ1) is 5.85. The van der Waals surface area contributed by atoms with Crippen LogP contribution in [0.1, 0.15) is 53.4 Å². The standard InChI is InChI=1S/C11H24O2/c1-5-6-9(12)7-10(13)8-11(2,3)4/h9-10,12-13H,5-8H2,1-4H3. The quantitative estimate of drug-likeness (QED) is 0.695. The van der Waals surface area contributed by atoms with Crippen molar-refractivity contribution in [2.45, 2.75) is 65.6 Å². The number of rotatable bonds is 5. The highest BCUT2D eigenvalue weighted by molar-refractivity contribution is 4.70. The molecule has 0 fully saturated rings.